The fourth-order valence-electron chi connectivity index (χ4n) is 1.52. The molecule has 0 bridgehead atoms. The van der Waals surface area contributed by atoms with Crippen LogP contribution in [0.5, 0.6) is 0 Å². The molecule has 1 amide bonds. The van der Waals surface area contributed by atoms with Gasteiger partial charge in [-0.1, -0.05) is 12.2 Å². The molecule has 1 heterocycles. The lowest BCUT2D eigenvalue weighted by Crippen LogP contribution is -2.44. The van der Waals surface area contributed by atoms with Crippen LogP contribution in [0.2, 0.25) is 0 Å². The molecule has 4 heteroatoms. The lowest BCUT2D eigenvalue weighted by atomic mass is 10.1. The number of carbonyl (C=O) groups is 1. The number of nitrogens with zero attached hydrogens (tertiary/aromatic N) is 1. The minimum absolute atomic E-state index is 0.0315. The molecule has 0 aromatic rings. The zero-order valence-electron chi connectivity index (χ0n) is 8.06. The van der Waals surface area contributed by atoms with Crippen molar-refractivity contribution < 1.29 is 14.6 Å². The SMILES string of the molecule is O=C(OC1CC1)N1CCC=CC1CO. The van der Waals surface area contributed by atoms with Crippen LogP contribution in [0.15, 0.2) is 12.2 Å². The predicted molar refractivity (Wildman–Crippen MR) is 50.8 cm³/mol. The molecule has 1 saturated carbocycles. The van der Waals surface area contributed by atoms with Crippen molar-refractivity contribution in [3.63, 3.8) is 0 Å². The van der Waals surface area contributed by atoms with Crippen molar-refractivity contribution in [2.75, 3.05) is 13.2 Å². The minimum atomic E-state index is -0.282. The summed E-state index contributed by atoms with van der Waals surface area (Å²) in [4.78, 5) is 13.2. The highest BCUT2D eigenvalue weighted by molar-refractivity contribution is 5.69. The highest BCUT2D eigenvalue weighted by atomic mass is 16.6. The number of hydrogen-bond donors (Lipinski definition) is 1. The van der Waals surface area contributed by atoms with Gasteiger partial charge < -0.3 is 9.84 Å². The fraction of sp³-hybridized carbons (Fsp3) is 0.700. The van der Waals surface area contributed by atoms with Crippen LogP contribution in [-0.2, 0) is 4.74 Å². The lowest BCUT2D eigenvalue weighted by molar-refractivity contribution is 0.0731. The van der Waals surface area contributed by atoms with Gasteiger partial charge in [0.15, 0.2) is 0 Å². The largest absolute Gasteiger partial charge is 0.446 e. The lowest BCUT2D eigenvalue weighted by Gasteiger charge is -2.30. The molecule has 1 aliphatic heterocycles. The van der Waals surface area contributed by atoms with E-state index in [0.29, 0.717) is 6.54 Å². The summed E-state index contributed by atoms with van der Waals surface area (Å²) in [5.41, 5.74) is 0. The minimum Gasteiger partial charge on any atom is -0.446 e. The predicted octanol–water partition coefficient (Wildman–Crippen LogP) is 0.908. The van der Waals surface area contributed by atoms with Gasteiger partial charge in [0, 0.05) is 6.54 Å². The second-order valence-electron chi connectivity index (χ2n) is 3.74. The Bertz CT molecular complexity index is 248. The van der Waals surface area contributed by atoms with E-state index < -0.39 is 0 Å². The van der Waals surface area contributed by atoms with Crippen LogP contribution >= 0.6 is 0 Å². The Balaban J connectivity index is 1.92. The van der Waals surface area contributed by atoms with Gasteiger partial charge in [0.2, 0.25) is 0 Å². The summed E-state index contributed by atoms with van der Waals surface area (Å²) in [7, 11) is 0. The molecule has 1 fully saturated rings. The second kappa shape index (κ2) is 4.00. The molecule has 2 rings (SSSR count). The zero-order chi connectivity index (χ0) is 9.97. The Morgan fingerprint density at radius 3 is 3.00 bits per heavy atom. The molecule has 1 N–H and O–H groups in total. The normalized spacial score (nSPS) is 26.4. The number of hydrogen-bond acceptors (Lipinski definition) is 3. The average Bonchev–Trinajstić information content (AvgIpc) is 3.01. The van der Waals surface area contributed by atoms with Crippen LogP contribution in [0.4, 0.5) is 4.79 Å². The number of rotatable bonds is 2. The first-order valence-electron chi connectivity index (χ1n) is 5.06. The summed E-state index contributed by atoms with van der Waals surface area (Å²) in [5, 5.41) is 9.06. The molecule has 1 unspecified atom stereocenters. The quantitative estimate of drug-likeness (QED) is 0.669. The van der Waals surface area contributed by atoms with Gasteiger partial charge in [-0.25, -0.2) is 4.79 Å². The van der Waals surface area contributed by atoms with Crippen molar-refractivity contribution in [2.24, 2.45) is 0 Å². The number of carbonyl (C=O) groups excluding carboxylic acids is 1. The number of aliphatic hydroxyl groups excluding tert-OH is 1. The molecule has 14 heavy (non-hydrogen) atoms. The van der Waals surface area contributed by atoms with Crippen molar-refractivity contribution in [1.82, 2.24) is 4.90 Å². The molecular formula is C10H15NO3. The van der Waals surface area contributed by atoms with Gasteiger partial charge in [-0.2, -0.15) is 0 Å². The summed E-state index contributed by atoms with van der Waals surface area (Å²) in [6.45, 7) is 0.615. The van der Waals surface area contributed by atoms with Gasteiger partial charge in [0.25, 0.3) is 0 Å². The molecule has 2 aliphatic rings. The van der Waals surface area contributed by atoms with Crippen molar-refractivity contribution in [3.8, 4) is 0 Å². The third-order valence-electron chi connectivity index (χ3n) is 2.51. The standard InChI is InChI=1S/C10H15NO3/c12-7-8-3-1-2-6-11(8)10(13)14-9-4-5-9/h1,3,8-9,12H,2,4-7H2. The summed E-state index contributed by atoms with van der Waals surface area (Å²) in [6.07, 6.45) is 6.51. The van der Waals surface area contributed by atoms with Gasteiger partial charge in [0.1, 0.15) is 6.10 Å². The fourth-order valence-corrected chi connectivity index (χ4v) is 1.52. The molecular weight excluding hydrogens is 182 g/mol. The molecule has 0 aromatic heterocycles. The van der Waals surface area contributed by atoms with E-state index in [-0.39, 0.29) is 24.8 Å². The van der Waals surface area contributed by atoms with E-state index in [9.17, 15) is 4.79 Å². The van der Waals surface area contributed by atoms with Crippen LogP contribution in [0.1, 0.15) is 19.3 Å². The molecule has 0 saturated heterocycles. The van der Waals surface area contributed by atoms with Crippen LogP contribution < -0.4 is 0 Å². The van der Waals surface area contributed by atoms with Crippen molar-refractivity contribution in [1.29, 1.82) is 0 Å². The maximum atomic E-state index is 11.6. The van der Waals surface area contributed by atoms with Crippen LogP contribution in [-0.4, -0.2) is 41.4 Å². The molecule has 1 aliphatic carbocycles. The number of aliphatic hydroxyl groups is 1. The third-order valence-corrected chi connectivity index (χ3v) is 2.51. The molecule has 1 atom stereocenters. The van der Waals surface area contributed by atoms with Crippen LogP contribution in [0, 0.1) is 0 Å². The first-order valence-corrected chi connectivity index (χ1v) is 5.06. The van der Waals surface area contributed by atoms with E-state index in [1.807, 2.05) is 12.2 Å². The average molecular weight is 197 g/mol. The topological polar surface area (TPSA) is 49.8 Å². The first-order chi connectivity index (χ1) is 6.81. The monoisotopic (exact) mass is 197 g/mol. The van der Waals surface area contributed by atoms with Gasteiger partial charge >= 0.3 is 6.09 Å². The number of amides is 1. The Labute approximate surface area is 83.2 Å². The van der Waals surface area contributed by atoms with E-state index >= 15 is 0 Å². The maximum absolute atomic E-state index is 11.6. The van der Waals surface area contributed by atoms with E-state index in [4.69, 9.17) is 9.84 Å². The summed E-state index contributed by atoms with van der Waals surface area (Å²) < 4.78 is 5.17. The van der Waals surface area contributed by atoms with Gasteiger partial charge in [0.05, 0.1) is 12.6 Å². The highest BCUT2D eigenvalue weighted by Crippen LogP contribution is 2.25. The number of ether oxygens (including phenoxy) is 1. The van der Waals surface area contributed by atoms with Gasteiger partial charge in [-0.05, 0) is 19.3 Å². The highest BCUT2D eigenvalue weighted by Gasteiger charge is 2.31. The summed E-state index contributed by atoms with van der Waals surface area (Å²) in [5.74, 6) is 0. The summed E-state index contributed by atoms with van der Waals surface area (Å²) >= 11 is 0. The van der Waals surface area contributed by atoms with E-state index in [0.717, 1.165) is 19.3 Å². The summed E-state index contributed by atoms with van der Waals surface area (Å²) in [6, 6.07) is -0.199. The van der Waals surface area contributed by atoms with E-state index in [1.54, 1.807) is 4.90 Å². The van der Waals surface area contributed by atoms with E-state index in [1.165, 1.54) is 0 Å². The van der Waals surface area contributed by atoms with E-state index in [2.05, 4.69) is 0 Å². The Kier molecular flexibility index (Phi) is 2.72. The Morgan fingerprint density at radius 2 is 2.36 bits per heavy atom. The Morgan fingerprint density at radius 1 is 1.57 bits per heavy atom. The molecule has 4 nitrogen and oxygen atoms in total. The van der Waals surface area contributed by atoms with Crippen molar-refractivity contribution >= 4 is 6.09 Å². The molecule has 0 radical (unpaired) electrons. The molecule has 78 valence electrons. The zero-order valence-corrected chi connectivity index (χ0v) is 8.06. The maximum Gasteiger partial charge on any atom is 0.410 e. The van der Waals surface area contributed by atoms with Crippen molar-refractivity contribution in [3.05, 3.63) is 12.2 Å². The second-order valence-corrected chi connectivity index (χ2v) is 3.74. The first kappa shape index (κ1) is 9.52. The molecule has 0 aromatic carbocycles. The third kappa shape index (κ3) is 2.07. The van der Waals surface area contributed by atoms with Crippen LogP contribution in [0.3, 0.4) is 0 Å². The molecule has 0 spiro atoms. The Hall–Kier alpha value is -1.03. The van der Waals surface area contributed by atoms with Gasteiger partial charge in [-0.3, -0.25) is 4.90 Å². The van der Waals surface area contributed by atoms with Crippen LogP contribution in [0.25, 0.3) is 0 Å². The smallest absolute Gasteiger partial charge is 0.410 e. The van der Waals surface area contributed by atoms with Gasteiger partial charge in [-0.15, -0.1) is 0 Å². The van der Waals surface area contributed by atoms with Crippen molar-refractivity contribution in [2.45, 2.75) is 31.4 Å².